The Morgan fingerprint density at radius 3 is 2.73 bits per heavy atom. The van der Waals surface area contributed by atoms with Gasteiger partial charge in [0.1, 0.15) is 17.1 Å². The van der Waals surface area contributed by atoms with Gasteiger partial charge in [0.2, 0.25) is 5.89 Å². The first-order chi connectivity index (χ1) is 14.7. The lowest BCUT2D eigenvalue weighted by Gasteiger charge is -2.05. The van der Waals surface area contributed by atoms with Crippen molar-refractivity contribution in [3.05, 3.63) is 71.0 Å². The fraction of sp³-hybridized carbons (Fsp3) is 0.160. The Morgan fingerprint density at radius 2 is 1.87 bits per heavy atom. The van der Waals surface area contributed by atoms with Gasteiger partial charge in [-0.1, -0.05) is 49.7 Å². The highest BCUT2D eigenvalue weighted by Crippen LogP contribution is 2.38. The Labute approximate surface area is 182 Å². The molecule has 0 aliphatic heterocycles. The van der Waals surface area contributed by atoms with Crippen LogP contribution in [0.25, 0.3) is 44.5 Å². The molecule has 0 saturated heterocycles. The number of para-hydroxylation sites is 1. The summed E-state index contributed by atoms with van der Waals surface area (Å²) in [5, 5.41) is 12.9. The number of hydrogen-bond donors (Lipinski definition) is 1. The first-order valence-corrected chi connectivity index (χ1v) is 10.8. The number of halogens is 1. The lowest BCUT2D eigenvalue weighted by atomic mass is 10.1. The topological polar surface area (TPSA) is 59.4 Å². The van der Waals surface area contributed by atoms with Gasteiger partial charge >= 0.3 is 0 Å². The fourth-order valence-corrected chi connectivity index (χ4v) is 4.29. The molecular formula is C25H20BrNO3. The van der Waals surface area contributed by atoms with E-state index in [0.717, 1.165) is 57.9 Å². The number of aryl methyl sites for hydroxylation is 1. The predicted octanol–water partition coefficient (Wildman–Crippen LogP) is 7.72. The Hall–Kier alpha value is -3.05. The molecule has 0 amide bonds. The number of aromatic nitrogens is 1. The number of unbranched alkanes of at least 4 members (excludes halogenated alkanes) is 1. The number of hydrogen-bond acceptors (Lipinski definition) is 4. The number of aromatic hydroxyl groups is 1. The highest BCUT2D eigenvalue weighted by Gasteiger charge is 2.20. The van der Waals surface area contributed by atoms with Crippen molar-refractivity contribution in [2.24, 2.45) is 0 Å². The number of nitrogens with zero attached hydrogens (tertiary/aromatic N) is 1. The van der Waals surface area contributed by atoms with Gasteiger partial charge in [0.25, 0.3) is 0 Å². The molecule has 5 rings (SSSR count). The van der Waals surface area contributed by atoms with Crippen LogP contribution in [0.5, 0.6) is 5.75 Å². The minimum atomic E-state index is 0.226. The quantitative estimate of drug-likeness (QED) is 0.291. The van der Waals surface area contributed by atoms with E-state index in [0.29, 0.717) is 16.1 Å². The molecule has 0 saturated carbocycles. The molecule has 0 aliphatic carbocycles. The second-order valence-corrected chi connectivity index (χ2v) is 8.16. The third kappa shape index (κ3) is 3.19. The molecule has 4 nitrogen and oxygen atoms in total. The van der Waals surface area contributed by atoms with Crippen molar-refractivity contribution in [2.75, 3.05) is 0 Å². The van der Waals surface area contributed by atoms with Crippen LogP contribution in [-0.2, 0) is 6.42 Å². The third-order valence-electron chi connectivity index (χ3n) is 5.36. The number of benzene rings is 3. The third-order valence-corrected chi connectivity index (χ3v) is 6.20. The highest BCUT2D eigenvalue weighted by atomic mass is 79.9. The summed E-state index contributed by atoms with van der Waals surface area (Å²) in [6, 6.07) is 17.6. The largest absolute Gasteiger partial charge is 0.507 e. The van der Waals surface area contributed by atoms with Crippen molar-refractivity contribution in [1.29, 1.82) is 0 Å². The lowest BCUT2D eigenvalue weighted by molar-refractivity contribution is 0.473. The van der Waals surface area contributed by atoms with Crippen LogP contribution in [0.2, 0.25) is 0 Å². The summed E-state index contributed by atoms with van der Waals surface area (Å²) in [6.45, 7) is 2.17. The normalized spacial score (nSPS) is 11.5. The summed E-state index contributed by atoms with van der Waals surface area (Å²) in [5.41, 5.74) is 2.73. The van der Waals surface area contributed by atoms with Crippen molar-refractivity contribution in [1.82, 2.24) is 4.98 Å². The van der Waals surface area contributed by atoms with Crippen molar-refractivity contribution in [3.63, 3.8) is 0 Å². The average Bonchev–Trinajstić information content (AvgIpc) is 3.39. The molecular weight excluding hydrogens is 442 g/mol. The van der Waals surface area contributed by atoms with Gasteiger partial charge in [0, 0.05) is 17.4 Å². The molecule has 0 bridgehead atoms. The van der Waals surface area contributed by atoms with E-state index < -0.39 is 0 Å². The van der Waals surface area contributed by atoms with E-state index in [9.17, 15) is 5.11 Å². The van der Waals surface area contributed by atoms with Crippen LogP contribution in [0, 0.1) is 0 Å². The van der Waals surface area contributed by atoms with Gasteiger partial charge < -0.3 is 13.9 Å². The molecule has 5 heteroatoms. The first-order valence-electron chi connectivity index (χ1n) is 10.0. The number of phenolic OH excluding ortho intramolecular Hbond substituents is 1. The van der Waals surface area contributed by atoms with Crippen LogP contribution in [0.3, 0.4) is 0 Å². The van der Waals surface area contributed by atoms with Gasteiger partial charge in [-0.05, 0) is 51.3 Å². The number of phenols is 1. The Bertz CT molecular complexity index is 1370. The van der Waals surface area contributed by atoms with Crippen molar-refractivity contribution >= 4 is 37.7 Å². The SMILES string of the molecule is CCCCc1oc2ccccc2c1-c1ncc(-c2ccc3c(Br)c(O)ccc3c2)o1. The molecule has 1 N–H and O–H groups in total. The standard InChI is InChI=1S/C25H20BrNO3/c1-2-3-7-21-23(18-6-4-5-8-20(18)29-21)25-27-14-22(30-25)16-9-11-17-15(13-16)10-12-19(28)24(17)26/h4-6,8-14,28H,2-3,7H2,1H3. The van der Waals surface area contributed by atoms with Gasteiger partial charge in [-0.15, -0.1) is 0 Å². The molecule has 0 fully saturated rings. The zero-order valence-corrected chi connectivity index (χ0v) is 18.1. The summed E-state index contributed by atoms with van der Waals surface area (Å²) in [4.78, 5) is 4.59. The molecule has 0 aliphatic rings. The van der Waals surface area contributed by atoms with E-state index in [4.69, 9.17) is 8.83 Å². The van der Waals surface area contributed by atoms with Crippen LogP contribution >= 0.6 is 15.9 Å². The fourth-order valence-electron chi connectivity index (χ4n) is 3.80. The van der Waals surface area contributed by atoms with Crippen LogP contribution < -0.4 is 0 Å². The van der Waals surface area contributed by atoms with E-state index in [1.54, 1.807) is 12.3 Å². The molecule has 2 heterocycles. The van der Waals surface area contributed by atoms with E-state index in [1.165, 1.54) is 0 Å². The number of rotatable bonds is 5. The minimum Gasteiger partial charge on any atom is -0.507 e. The first kappa shape index (κ1) is 18.9. The van der Waals surface area contributed by atoms with Gasteiger partial charge in [-0.2, -0.15) is 0 Å². The molecule has 0 radical (unpaired) electrons. The molecule has 2 aromatic heterocycles. The number of furan rings is 1. The maximum Gasteiger partial charge on any atom is 0.230 e. The average molecular weight is 462 g/mol. The summed E-state index contributed by atoms with van der Waals surface area (Å²) >= 11 is 3.45. The molecule has 0 atom stereocenters. The maximum atomic E-state index is 9.90. The lowest BCUT2D eigenvalue weighted by Crippen LogP contribution is -1.86. The Morgan fingerprint density at radius 1 is 1.00 bits per heavy atom. The summed E-state index contributed by atoms with van der Waals surface area (Å²) in [5.74, 6) is 2.42. The van der Waals surface area contributed by atoms with Crippen molar-refractivity contribution in [3.8, 4) is 28.5 Å². The molecule has 0 unspecified atom stereocenters. The zero-order valence-electron chi connectivity index (χ0n) is 16.5. The summed E-state index contributed by atoms with van der Waals surface area (Å²) < 4.78 is 13.0. The maximum absolute atomic E-state index is 9.90. The smallest absolute Gasteiger partial charge is 0.230 e. The summed E-state index contributed by atoms with van der Waals surface area (Å²) in [6.07, 6.45) is 4.76. The number of fused-ring (bicyclic) bond motifs is 2. The predicted molar refractivity (Wildman–Crippen MR) is 123 cm³/mol. The second kappa shape index (κ2) is 7.65. The van der Waals surface area contributed by atoms with Crippen LogP contribution in [0.1, 0.15) is 25.5 Å². The van der Waals surface area contributed by atoms with E-state index in [1.807, 2.05) is 48.5 Å². The van der Waals surface area contributed by atoms with Crippen LogP contribution in [0.15, 0.2) is 74.1 Å². The molecule has 0 spiro atoms. The Kier molecular flexibility index (Phi) is 4.83. The van der Waals surface area contributed by atoms with Crippen LogP contribution in [0.4, 0.5) is 0 Å². The van der Waals surface area contributed by atoms with Gasteiger partial charge in [-0.25, -0.2) is 4.98 Å². The minimum absolute atomic E-state index is 0.226. The van der Waals surface area contributed by atoms with Gasteiger partial charge in [0.15, 0.2) is 5.76 Å². The van der Waals surface area contributed by atoms with E-state index in [-0.39, 0.29) is 5.75 Å². The molecule has 150 valence electrons. The highest BCUT2D eigenvalue weighted by molar-refractivity contribution is 9.10. The monoisotopic (exact) mass is 461 g/mol. The summed E-state index contributed by atoms with van der Waals surface area (Å²) in [7, 11) is 0. The van der Waals surface area contributed by atoms with Gasteiger partial charge in [0.05, 0.1) is 16.2 Å². The molecule has 5 aromatic rings. The van der Waals surface area contributed by atoms with Crippen molar-refractivity contribution < 1.29 is 13.9 Å². The Balaban J connectivity index is 1.59. The van der Waals surface area contributed by atoms with Crippen molar-refractivity contribution in [2.45, 2.75) is 26.2 Å². The van der Waals surface area contributed by atoms with E-state index in [2.05, 4.69) is 27.8 Å². The van der Waals surface area contributed by atoms with Crippen LogP contribution in [-0.4, -0.2) is 10.1 Å². The second-order valence-electron chi connectivity index (χ2n) is 7.36. The molecule has 30 heavy (non-hydrogen) atoms. The van der Waals surface area contributed by atoms with E-state index >= 15 is 0 Å². The zero-order chi connectivity index (χ0) is 20.7. The molecule has 3 aromatic carbocycles. The van der Waals surface area contributed by atoms with Gasteiger partial charge in [-0.3, -0.25) is 0 Å². The number of oxazole rings is 1.